The van der Waals surface area contributed by atoms with E-state index in [9.17, 15) is 14.4 Å². The van der Waals surface area contributed by atoms with E-state index in [0.29, 0.717) is 5.69 Å². The Morgan fingerprint density at radius 3 is 2.46 bits per heavy atom. The first kappa shape index (κ1) is 17.5. The lowest BCUT2D eigenvalue weighted by atomic mass is 9.98. The number of benzene rings is 1. The number of carboxylic acid groups (broad SMARTS) is 1. The number of nitrogens with one attached hydrogen (secondary N) is 2. The predicted octanol–water partition coefficient (Wildman–Crippen LogP) is 1.85. The van der Waals surface area contributed by atoms with Crippen LogP contribution in [0.5, 0.6) is 0 Å². The quantitative estimate of drug-likeness (QED) is 0.751. The maximum Gasteiger partial charge on any atom is 0.303 e. The topological polar surface area (TPSA) is 104 Å². The molecule has 0 bridgehead atoms. The van der Waals surface area contributed by atoms with Gasteiger partial charge < -0.3 is 10.4 Å². The second-order valence-electron chi connectivity index (χ2n) is 6.41. The van der Waals surface area contributed by atoms with Crippen LogP contribution in [0.2, 0.25) is 0 Å². The number of aromatic nitrogens is 2. The van der Waals surface area contributed by atoms with E-state index in [1.54, 1.807) is 26.0 Å². The van der Waals surface area contributed by atoms with Crippen molar-refractivity contribution in [2.75, 3.05) is 0 Å². The lowest BCUT2D eigenvalue weighted by molar-refractivity contribution is -0.137. The van der Waals surface area contributed by atoms with E-state index in [1.165, 1.54) is 10.7 Å². The third-order valence-corrected chi connectivity index (χ3v) is 3.67. The van der Waals surface area contributed by atoms with E-state index < -0.39 is 17.4 Å². The van der Waals surface area contributed by atoms with Crippen molar-refractivity contribution in [3.63, 3.8) is 0 Å². The summed E-state index contributed by atoms with van der Waals surface area (Å²) < 4.78 is 1.29. The molecule has 0 atom stereocenters. The van der Waals surface area contributed by atoms with Gasteiger partial charge in [0.15, 0.2) is 0 Å². The maximum absolute atomic E-state index is 12.3. The summed E-state index contributed by atoms with van der Waals surface area (Å²) >= 11 is 0. The molecule has 7 heteroatoms. The first-order valence-electron chi connectivity index (χ1n) is 7.61. The Bertz CT molecular complexity index is 800. The molecule has 1 aromatic heterocycles. The molecule has 1 heterocycles. The van der Waals surface area contributed by atoms with Crippen molar-refractivity contribution in [3.8, 4) is 5.69 Å². The molecule has 0 unspecified atom stereocenters. The van der Waals surface area contributed by atoms with E-state index in [-0.39, 0.29) is 24.1 Å². The molecule has 1 amide bonds. The monoisotopic (exact) mass is 331 g/mol. The van der Waals surface area contributed by atoms with Gasteiger partial charge in [-0.1, -0.05) is 17.7 Å². The average Bonchev–Trinajstić information content (AvgIpc) is 2.88. The van der Waals surface area contributed by atoms with Gasteiger partial charge in [0.1, 0.15) is 5.69 Å². The summed E-state index contributed by atoms with van der Waals surface area (Å²) in [5.41, 5.74) is 0.792. The summed E-state index contributed by atoms with van der Waals surface area (Å²) in [6, 6.07) is 8.54. The van der Waals surface area contributed by atoms with E-state index in [4.69, 9.17) is 5.11 Å². The van der Waals surface area contributed by atoms with Crippen LogP contribution in [-0.2, 0) is 4.79 Å². The number of H-pyrrole nitrogens is 1. The summed E-state index contributed by atoms with van der Waals surface area (Å²) in [5, 5.41) is 14.3. The number of amides is 1. The lowest BCUT2D eigenvalue weighted by Crippen LogP contribution is -2.43. The highest BCUT2D eigenvalue weighted by atomic mass is 16.4. The number of carbonyl (C=O) groups excluding carboxylic acids is 1. The second-order valence-corrected chi connectivity index (χ2v) is 6.41. The molecule has 2 aromatic rings. The number of hydrogen-bond donors (Lipinski definition) is 3. The number of aryl methyl sites for hydroxylation is 1. The van der Waals surface area contributed by atoms with Crippen LogP contribution in [0.25, 0.3) is 5.69 Å². The van der Waals surface area contributed by atoms with Crippen LogP contribution in [0, 0.1) is 6.92 Å². The zero-order chi connectivity index (χ0) is 17.9. The fourth-order valence-corrected chi connectivity index (χ4v) is 2.25. The maximum atomic E-state index is 12.3. The van der Waals surface area contributed by atoms with Crippen LogP contribution >= 0.6 is 0 Å². The van der Waals surface area contributed by atoms with Gasteiger partial charge in [-0.2, -0.15) is 0 Å². The van der Waals surface area contributed by atoms with E-state index in [0.717, 1.165) is 5.56 Å². The molecule has 3 N–H and O–H groups in total. The summed E-state index contributed by atoms with van der Waals surface area (Å²) in [4.78, 5) is 35.1. The predicted molar refractivity (Wildman–Crippen MR) is 89.5 cm³/mol. The minimum atomic E-state index is -0.920. The highest BCUT2D eigenvalue weighted by Crippen LogP contribution is 2.12. The summed E-state index contributed by atoms with van der Waals surface area (Å²) in [7, 11) is 0. The Morgan fingerprint density at radius 1 is 1.25 bits per heavy atom. The van der Waals surface area contributed by atoms with Crippen LogP contribution in [0.15, 0.2) is 35.1 Å². The Kier molecular flexibility index (Phi) is 4.92. The lowest BCUT2D eigenvalue weighted by Gasteiger charge is -2.25. The molecule has 0 saturated carbocycles. The summed E-state index contributed by atoms with van der Waals surface area (Å²) in [6.45, 7) is 5.42. The number of nitrogens with zero attached hydrogens (tertiary/aromatic N) is 1. The smallest absolute Gasteiger partial charge is 0.303 e. The molecule has 24 heavy (non-hydrogen) atoms. The molecule has 2 rings (SSSR count). The van der Waals surface area contributed by atoms with Gasteiger partial charge in [-0.3, -0.25) is 19.5 Å². The van der Waals surface area contributed by atoms with Crippen molar-refractivity contribution < 1.29 is 14.7 Å². The van der Waals surface area contributed by atoms with Crippen molar-refractivity contribution >= 4 is 11.9 Å². The van der Waals surface area contributed by atoms with Crippen LogP contribution in [0.3, 0.4) is 0 Å². The normalized spacial score (nSPS) is 11.3. The number of aromatic amines is 1. The van der Waals surface area contributed by atoms with Gasteiger partial charge in [-0.05, 0) is 39.3 Å². The molecular weight excluding hydrogens is 310 g/mol. The third kappa shape index (κ3) is 4.34. The third-order valence-electron chi connectivity index (χ3n) is 3.67. The standard InChI is InChI=1S/C17H21N3O4/c1-11-4-6-12(7-5-11)20-14(21)10-13(19-20)16(24)18-17(2,3)9-8-15(22)23/h4-7,10,19H,8-9H2,1-3H3,(H,18,24)(H,22,23). The molecule has 0 aliphatic rings. The van der Waals surface area contributed by atoms with Gasteiger partial charge in [-0.25, -0.2) is 4.68 Å². The molecule has 0 aliphatic carbocycles. The Hall–Kier alpha value is -2.83. The minimum absolute atomic E-state index is 0.0474. The van der Waals surface area contributed by atoms with Gasteiger partial charge >= 0.3 is 5.97 Å². The summed E-state index contributed by atoms with van der Waals surface area (Å²) in [6.07, 6.45) is 0.241. The van der Waals surface area contributed by atoms with Crippen LogP contribution < -0.4 is 10.9 Å². The van der Waals surface area contributed by atoms with Crippen LogP contribution in [-0.4, -0.2) is 32.3 Å². The fraction of sp³-hybridized carbons (Fsp3) is 0.353. The van der Waals surface area contributed by atoms with E-state index in [2.05, 4.69) is 10.4 Å². The highest BCUT2D eigenvalue weighted by molar-refractivity contribution is 5.92. The van der Waals surface area contributed by atoms with Crippen molar-refractivity contribution in [2.45, 2.75) is 39.2 Å². The second kappa shape index (κ2) is 6.74. The molecule has 0 radical (unpaired) electrons. The molecule has 0 fully saturated rings. The molecular formula is C17H21N3O4. The van der Waals surface area contributed by atoms with Gasteiger partial charge in [0.05, 0.1) is 5.69 Å². The Labute approximate surface area is 139 Å². The molecule has 7 nitrogen and oxygen atoms in total. The molecule has 0 aliphatic heterocycles. The number of rotatable bonds is 6. The number of carboxylic acids is 1. The van der Waals surface area contributed by atoms with Crippen molar-refractivity contribution in [2.24, 2.45) is 0 Å². The van der Waals surface area contributed by atoms with Crippen LogP contribution in [0.1, 0.15) is 42.7 Å². The first-order valence-corrected chi connectivity index (χ1v) is 7.61. The zero-order valence-electron chi connectivity index (χ0n) is 13.9. The Balaban J connectivity index is 2.17. The summed E-state index contributed by atoms with van der Waals surface area (Å²) in [5.74, 6) is -1.37. The van der Waals surface area contributed by atoms with Crippen molar-refractivity contribution in [1.82, 2.24) is 15.1 Å². The molecule has 0 spiro atoms. The van der Waals surface area contributed by atoms with E-state index in [1.807, 2.05) is 19.1 Å². The highest BCUT2D eigenvalue weighted by Gasteiger charge is 2.23. The zero-order valence-corrected chi connectivity index (χ0v) is 13.9. The Morgan fingerprint density at radius 2 is 1.88 bits per heavy atom. The van der Waals surface area contributed by atoms with Gasteiger partial charge in [0, 0.05) is 18.0 Å². The van der Waals surface area contributed by atoms with Crippen molar-refractivity contribution in [1.29, 1.82) is 0 Å². The molecule has 1 aromatic carbocycles. The number of aliphatic carboxylic acids is 1. The molecule has 128 valence electrons. The number of carbonyl (C=O) groups is 2. The van der Waals surface area contributed by atoms with Gasteiger partial charge in [0.2, 0.25) is 0 Å². The van der Waals surface area contributed by atoms with E-state index >= 15 is 0 Å². The first-order chi connectivity index (χ1) is 11.2. The van der Waals surface area contributed by atoms with Crippen molar-refractivity contribution in [3.05, 3.63) is 51.9 Å². The van der Waals surface area contributed by atoms with Crippen LogP contribution in [0.4, 0.5) is 0 Å². The minimum Gasteiger partial charge on any atom is -0.481 e. The average molecular weight is 331 g/mol. The molecule has 0 saturated heterocycles. The largest absolute Gasteiger partial charge is 0.481 e. The SMILES string of the molecule is Cc1ccc(-n2[nH]c(C(=O)NC(C)(C)CCC(=O)O)cc2=O)cc1. The van der Waals surface area contributed by atoms with Gasteiger partial charge in [-0.15, -0.1) is 0 Å². The number of hydrogen-bond acceptors (Lipinski definition) is 3. The fourth-order valence-electron chi connectivity index (χ4n) is 2.25. The van der Waals surface area contributed by atoms with Gasteiger partial charge in [0.25, 0.3) is 11.5 Å².